The van der Waals surface area contributed by atoms with Gasteiger partial charge in [0.1, 0.15) is 5.82 Å². The molecule has 2 rings (SSSR count). The minimum Gasteiger partial charge on any atom is -0.333 e. The summed E-state index contributed by atoms with van der Waals surface area (Å²) in [5.74, 6) is 0.982. The molecule has 1 aromatic heterocycles. The summed E-state index contributed by atoms with van der Waals surface area (Å²) < 4.78 is 0. The zero-order valence-electron chi connectivity index (χ0n) is 10.6. The van der Waals surface area contributed by atoms with Gasteiger partial charge in [-0.1, -0.05) is 6.92 Å². The Bertz CT molecular complexity index is 402. The molecule has 0 aliphatic carbocycles. The number of nitrogens with one attached hydrogen (secondary N) is 1. The molecule has 0 aromatic carbocycles. The Morgan fingerprint density at radius 3 is 2.88 bits per heavy atom. The van der Waals surface area contributed by atoms with Crippen LogP contribution >= 0.6 is 0 Å². The number of rotatable bonds is 2. The number of likely N-dealkylation sites (N-methyl/N-ethyl adjacent to an activating group) is 1. The topological polar surface area (TPSA) is 65.1 Å². The number of hydrogen-bond acceptors (Lipinski definition) is 4. The Balaban J connectivity index is 2.05. The van der Waals surface area contributed by atoms with Crippen LogP contribution in [0.2, 0.25) is 0 Å². The average Bonchev–Trinajstić information content (AvgIpc) is 2.80. The second kappa shape index (κ2) is 4.83. The summed E-state index contributed by atoms with van der Waals surface area (Å²) in [6.45, 7) is 6.49. The van der Waals surface area contributed by atoms with E-state index in [0.717, 1.165) is 31.9 Å². The van der Waals surface area contributed by atoms with Gasteiger partial charge in [0.05, 0.1) is 0 Å². The van der Waals surface area contributed by atoms with Crippen molar-refractivity contribution in [3.63, 3.8) is 0 Å². The van der Waals surface area contributed by atoms with Crippen molar-refractivity contribution in [2.24, 2.45) is 0 Å². The summed E-state index contributed by atoms with van der Waals surface area (Å²) in [7, 11) is 2.08. The van der Waals surface area contributed by atoms with Crippen LogP contribution in [0.5, 0.6) is 0 Å². The number of amides is 1. The van der Waals surface area contributed by atoms with Crippen LogP contribution < -0.4 is 0 Å². The van der Waals surface area contributed by atoms with Crippen molar-refractivity contribution in [3.8, 4) is 0 Å². The molecule has 1 atom stereocenters. The zero-order valence-corrected chi connectivity index (χ0v) is 10.6. The van der Waals surface area contributed by atoms with E-state index in [2.05, 4.69) is 34.1 Å². The quantitative estimate of drug-likeness (QED) is 0.795. The molecule has 1 amide bonds. The standard InChI is InChI=1S/C11H19N5O/c1-4-9-12-10(14-13-9)11(17)16-6-5-15(3)8(2)7-16/h8H,4-7H2,1-3H3,(H,12,13,14). The van der Waals surface area contributed by atoms with Gasteiger partial charge in [-0.2, -0.15) is 0 Å². The molecular weight excluding hydrogens is 218 g/mol. The Hall–Kier alpha value is -1.43. The van der Waals surface area contributed by atoms with Crippen LogP contribution in [0.25, 0.3) is 0 Å². The Kier molecular flexibility index (Phi) is 3.42. The van der Waals surface area contributed by atoms with E-state index in [4.69, 9.17) is 0 Å². The third-order valence-corrected chi connectivity index (χ3v) is 3.30. The lowest BCUT2D eigenvalue weighted by Crippen LogP contribution is -2.52. The lowest BCUT2D eigenvalue weighted by atomic mass is 10.2. The third-order valence-electron chi connectivity index (χ3n) is 3.30. The minimum absolute atomic E-state index is 0.0686. The molecule has 6 heteroatoms. The predicted molar refractivity (Wildman–Crippen MR) is 63.8 cm³/mol. The summed E-state index contributed by atoms with van der Waals surface area (Å²) in [6, 6.07) is 0.386. The molecule has 1 aliphatic heterocycles. The number of aromatic amines is 1. The van der Waals surface area contributed by atoms with Crippen molar-refractivity contribution in [2.75, 3.05) is 26.7 Å². The van der Waals surface area contributed by atoms with Gasteiger partial charge < -0.3 is 9.80 Å². The van der Waals surface area contributed by atoms with E-state index in [0.29, 0.717) is 11.9 Å². The summed E-state index contributed by atoms with van der Waals surface area (Å²) in [5, 5.41) is 6.74. The van der Waals surface area contributed by atoms with Gasteiger partial charge >= 0.3 is 0 Å². The monoisotopic (exact) mass is 237 g/mol. The molecule has 94 valence electrons. The molecule has 1 aliphatic rings. The van der Waals surface area contributed by atoms with E-state index in [9.17, 15) is 4.79 Å². The first-order chi connectivity index (χ1) is 8.11. The first-order valence-electron chi connectivity index (χ1n) is 6.02. The highest BCUT2D eigenvalue weighted by molar-refractivity contribution is 5.90. The van der Waals surface area contributed by atoms with Crippen molar-refractivity contribution < 1.29 is 4.79 Å². The third kappa shape index (κ3) is 2.46. The van der Waals surface area contributed by atoms with Crippen molar-refractivity contribution in [1.82, 2.24) is 25.0 Å². The highest BCUT2D eigenvalue weighted by Gasteiger charge is 2.27. The number of aromatic nitrogens is 3. The fourth-order valence-electron chi connectivity index (χ4n) is 1.92. The van der Waals surface area contributed by atoms with Crippen LogP contribution in [0.15, 0.2) is 0 Å². The number of H-pyrrole nitrogens is 1. The highest BCUT2D eigenvalue weighted by atomic mass is 16.2. The van der Waals surface area contributed by atoms with Gasteiger partial charge in [0.15, 0.2) is 0 Å². The fraction of sp³-hybridized carbons (Fsp3) is 0.727. The summed E-state index contributed by atoms with van der Waals surface area (Å²) in [6.07, 6.45) is 0.763. The second-order valence-electron chi connectivity index (χ2n) is 4.54. The number of piperazine rings is 1. The largest absolute Gasteiger partial charge is 0.333 e. The normalized spacial score (nSPS) is 21.8. The van der Waals surface area contributed by atoms with Crippen molar-refractivity contribution in [1.29, 1.82) is 0 Å². The molecule has 1 fully saturated rings. The van der Waals surface area contributed by atoms with Crippen LogP contribution in [0.1, 0.15) is 30.3 Å². The summed E-state index contributed by atoms with van der Waals surface area (Å²) in [5.41, 5.74) is 0. The molecule has 17 heavy (non-hydrogen) atoms. The van der Waals surface area contributed by atoms with E-state index >= 15 is 0 Å². The molecule has 1 N–H and O–H groups in total. The number of aryl methyl sites for hydroxylation is 1. The van der Waals surface area contributed by atoms with E-state index in [-0.39, 0.29) is 5.91 Å². The summed E-state index contributed by atoms with van der Waals surface area (Å²) in [4.78, 5) is 20.4. The van der Waals surface area contributed by atoms with Crippen molar-refractivity contribution in [2.45, 2.75) is 26.3 Å². The lowest BCUT2D eigenvalue weighted by molar-refractivity contribution is 0.0561. The Morgan fingerprint density at radius 2 is 2.29 bits per heavy atom. The molecule has 6 nitrogen and oxygen atoms in total. The maximum atomic E-state index is 12.1. The molecule has 1 saturated heterocycles. The maximum Gasteiger partial charge on any atom is 0.293 e. The van der Waals surface area contributed by atoms with Gasteiger partial charge in [-0.15, -0.1) is 5.10 Å². The number of carbonyl (C=O) groups excluding carboxylic acids is 1. The Labute approximate surface area is 101 Å². The van der Waals surface area contributed by atoms with Gasteiger partial charge in [0.2, 0.25) is 5.82 Å². The molecule has 1 unspecified atom stereocenters. The van der Waals surface area contributed by atoms with Crippen LogP contribution in [-0.2, 0) is 6.42 Å². The van der Waals surface area contributed by atoms with Gasteiger partial charge in [-0.25, -0.2) is 4.98 Å². The maximum absolute atomic E-state index is 12.1. The minimum atomic E-state index is -0.0686. The van der Waals surface area contributed by atoms with E-state index < -0.39 is 0 Å². The molecule has 0 spiro atoms. The van der Waals surface area contributed by atoms with Crippen molar-refractivity contribution >= 4 is 5.91 Å². The smallest absolute Gasteiger partial charge is 0.293 e. The van der Waals surface area contributed by atoms with Gasteiger partial charge in [-0.05, 0) is 14.0 Å². The summed E-state index contributed by atoms with van der Waals surface area (Å²) >= 11 is 0. The average molecular weight is 237 g/mol. The van der Waals surface area contributed by atoms with E-state index in [1.165, 1.54) is 0 Å². The molecule has 2 heterocycles. The Morgan fingerprint density at radius 1 is 1.53 bits per heavy atom. The SMILES string of the molecule is CCc1nc(C(=O)N2CCN(C)C(C)C2)n[nH]1. The fourth-order valence-corrected chi connectivity index (χ4v) is 1.92. The zero-order chi connectivity index (χ0) is 12.4. The lowest BCUT2D eigenvalue weighted by Gasteiger charge is -2.37. The molecule has 0 saturated carbocycles. The van der Waals surface area contributed by atoms with Crippen LogP contribution in [-0.4, -0.2) is 63.6 Å². The molecule has 0 radical (unpaired) electrons. The van der Waals surface area contributed by atoms with Crippen LogP contribution in [0, 0.1) is 0 Å². The van der Waals surface area contributed by atoms with Gasteiger partial charge in [0, 0.05) is 32.1 Å². The second-order valence-corrected chi connectivity index (χ2v) is 4.54. The highest BCUT2D eigenvalue weighted by Crippen LogP contribution is 2.09. The first kappa shape index (κ1) is 12.0. The predicted octanol–water partition coefficient (Wildman–Crippen LogP) is 0.143. The van der Waals surface area contributed by atoms with Crippen LogP contribution in [0.4, 0.5) is 0 Å². The van der Waals surface area contributed by atoms with E-state index in [1.54, 1.807) is 0 Å². The van der Waals surface area contributed by atoms with Crippen LogP contribution in [0.3, 0.4) is 0 Å². The van der Waals surface area contributed by atoms with E-state index in [1.807, 2.05) is 11.8 Å². The number of carbonyl (C=O) groups is 1. The first-order valence-corrected chi connectivity index (χ1v) is 6.02. The van der Waals surface area contributed by atoms with Gasteiger partial charge in [0.25, 0.3) is 5.91 Å². The molecular formula is C11H19N5O. The molecule has 1 aromatic rings. The molecule has 0 bridgehead atoms. The number of nitrogens with zero attached hydrogens (tertiary/aromatic N) is 4. The van der Waals surface area contributed by atoms with Gasteiger partial charge in [-0.3, -0.25) is 9.89 Å². The van der Waals surface area contributed by atoms with Crippen molar-refractivity contribution in [3.05, 3.63) is 11.6 Å². The number of hydrogen-bond donors (Lipinski definition) is 1.